The average molecular weight is 273 g/mol. The molecule has 1 aromatic heterocycles. The van der Waals surface area contributed by atoms with Crippen LogP contribution in [0.4, 0.5) is 4.39 Å². The predicted octanol–water partition coefficient (Wildman–Crippen LogP) is 4.59. The Balaban J connectivity index is 2.84. The summed E-state index contributed by atoms with van der Waals surface area (Å²) in [6.45, 7) is 3.94. The van der Waals surface area contributed by atoms with E-state index in [1.807, 2.05) is 13.8 Å². The molecule has 0 amide bonds. The van der Waals surface area contributed by atoms with Crippen LogP contribution >= 0.6 is 23.2 Å². The molecule has 5 heteroatoms. The summed E-state index contributed by atoms with van der Waals surface area (Å²) in [5, 5.41) is 0.926. The smallest absolute Gasteiger partial charge is 0.217 e. The molecule has 0 saturated carbocycles. The molecule has 1 aromatic carbocycles. The van der Waals surface area contributed by atoms with Crippen molar-refractivity contribution in [2.45, 2.75) is 26.2 Å². The lowest BCUT2D eigenvalue weighted by atomic mass is 9.95. The quantitative estimate of drug-likeness (QED) is 0.590. The fourth-order valence-corrected chi connectivity index (χ4v) is 2.25. The van der Waals surface area contributed by atoms with Gasteiger partial charge in [-0.1, -0.05) is 25.4 Å². The summed E-state index contributed by atoms with van der Waals surface area (Å²) < 4.78 is 13.9. The van der Waals surface area contributed by atoms with Crippen molar-refractivity contribution in [3.05, 3.63) is 34.0 Å². The van der Waals surface area contributed by atoms with Crippen LogP contribution in [0.1, 0.15) is 31.7 Å². The number of halogens is 3. The van der Waals surface area contributed by atoms with Crippen LogP contribution in [0.5, 0.6) is 0 Å². The Morgan fingerprint density at radius 2 is 2.00 bits per heavy atom. The number of aromatic nitrogens is 2. The molecule has 1 unspecified atom stereocenters. The van der Waals surface area contributed by atoms with Gasteiger partial charge in [-0.3, -0.25) is 0 Å². The SMILES string of the molecule is CCC(C)c1c(F)ccc2c(Cl)nc(Cl)nc12. The zero-order valence-electron chi connectivity index (χ0n) is 9.47. The highest BCUT2D eigenvalue weighted by molar-refractivity contribution is 6.35. The third-order valence-corrected chi connectivity index (χ3v) is 3.34. The molecule has 2 aromatic rings. The van der Waals surface area contributed by atoms with Gasteiger partial charge in [0.1, 0.15) is 11.0 Å². The van der Waals surface area contributed by atoms with Gasteiger partial charge in [-0.25, -0.2) is 14.4 Å². The van der Waals surface area contributed by atoms with Gasteiger partial charge < -0.3 is 0 Å². The topological polar surface area (TPSA) is 25.8 Å². The molecule has 90 valence electrons. The number of rotatable bonds is 2. The Kier molecular flexibility index (Phi) is 3.50. The van der Waals surface area contributed by atoms with Gasteiger partial charge in [-0.05, 0) is 36.1 Å². The van der Waals surface area contributed by atoms with E-state index in [0.29, 0.717) is 16.5 Å². The van der Waals surface area contributed by atoms with Gasteiger partial charge in [0.05, 0.1) is 5.52 Å². The molecule has 0 spiro atoms. The van der Waals surface area contributed by atoms with E-state index >= 15 is 0 Å². The fraction of sp³-hybridized carbons (Fsp3) is 0.333. The second-order valence-corrected chi connectivity index (χ2v) is 4.65. The Bertz CT molecular complexity index is 572. The normalized spacial score (nSPS) is 13.0. The molecule has 0 aliphatic heterocycles. The monoisotopic (exact) mass is 272 g/mol. The van der Waals surface area contributed by atoms with Crippen LogP contribution in [0, 0.1) is 5.82 Å². The third kappa shape index (κ3) is 2.22. The second-order valence-electron chi connectivity index (χ2n) is 3.95. The van der Waals surface area contributed by atoms with Gasteiger partial charge in [0.25, 0.3) is 0 Å². The van der Waals surface area contributed by atoms with Crippen LogP contribution in [-0.4, -0.2) is 9.97 Å². The van der Waals surface area contributed by atoms with Gasteiger partial charge in [0.2, 0.25) is 5.28 Å². The molecule has 2 nitrogen and oxygen atoms in total. The standard InChI is InChI=1S/C12H11Cl2FN2/c1-3-6(2)9-8(15)5-4-7-10(9)16-12(14)17-11(7)13/h4-6H,3H2,1-2H3. The Labute approximate surface area is 109 Å². The fourth-order valence-electron chi connectivity index (χ4n) is 1.80. The highest BCUT2D eigenvalue weighted by Crippen LogP contribution is 2.32. The number of fused-ring (bicyclic) bond motifs is 1. The maximum absolute atomic E-state index is 13.9. The molecule has 0 radical (unpaired) electrons. The minimum atomic E-state index is -0.280. The number of nitrogens with zero attached hydrogens (tertiary/aromatic N) is 2. The Morgan fingerprint density at radius 1 is 1.29 bits per heavy atom. The van der Waals surface area contributed by atoms with Gasteiger partial charge in [0.15, 0.2) is 0 Å². The van der Waals surface area contributed by atoms with Crippen LogP contribution < -0.4 is 0 Å². The van der Waals surface area contributed by atoms with E-state index in [-0.39, 0.29) is 22.2 Å². The summed E-state index contributed by atoms with van der Waals surface area (Å²) in [5.74, 6) is -0.224. The zero-order chi connectivity index (χ0) is 12.6. The number of hydrogen-bond acceptors (Lipinski definition) is 2. The first-order valence-corrected chi connectivity index (χ1v) is 6.11. The van der Waals surface area contributed by atoms with Gasteiger partial charge in [0, 0.05) is 10.9 Å². The van der Waals surface area contributed by atoms with Crippen molar-refractivity contribution in [1.29, 1.82) is 0 Å². The van der Waals surface area contributed by atoms with Crippen LogP contribution in [0.25, 0.3) is 10.9 Å². The molecule has 1 atom stereocenters. The van der Waals surface area contributed by atoms with Gasteiger partial charge >= 0.3 is 0 Å². The minimum Gasteiger partial charge on any atom is -0.217 e. The summed E-state index contributed by atoms with van der Waals surface area (Å²) in [4.78, 5) is 7.95. The largest absolute Gasteiger partial charge is 0.224 e. The molecule has 0 fully saturated rings. The molecule has 0 bridgehead atoms. The highest BCUT2D eigenvalue weighted by Gasteiger charge is 2.17. The molecular weight excluding hydrogens is 262 g/mol. The van der Waals surface area contributed by atoms with Crippen LogP contribution in [0.3, 0.4) is 0 Å². The van der Waals surface area contributed by atoms with Crippen molar-refractivity contribution in [2.24, 2.45) is 0 Å². The van der Waals surface area contributed by atoms with Crippen molar-refractivity contribution >= 4 is 34.1 Å². The Hall–Kier alpha value is -0.930. The van der Waals surface area contributed by atoms with Crippen molar-refractivity contribution in [3.8, 4) is 0 Å². The molecule has 2 rings (SSSR count). The van der Waals surface area contributed by atoms with E-state index < -0.39 is 0 Å². The van der Waals surface area contributed by atoms with Crippen LogP contribution in [-0.2, 0) is 0 Å². The average Bonchev–Trinajstić information content (AvgIpc) is 2.27. The molecule has 1 heterocycles. The summed E-state index contributed by atoms with van der Waals surface area (Å²) >= 11 is 11.7. The zero-order valence-corrected chi connectivity index (χ0v) is 11.0. The lowest BCUT2D eigenvalue weighted by Gasteiger charge is -2.13. The summed E-state index contributed by atoms with van der Waals surface area (Å²) in [5.41, 5.74) is 1.06. The molecular formula is C12H11Cl2FN2. The molecule has 0 aliphatic carbocycles. The van der Waals surface area contributed by atoms with Gasteiger partial charge in [-0.15, -0.1) is 0 Å². The first-order chi connectivity index (χ1) is 8.04. The number of hydrogen-bond donors (Lipinski definition) is 0. The van der Waals surface area contributed by atoms with E-state index in [4.69, 9.17) is 23.2 Å². The van der Waals surface area contributed by atoms with E-state index in [1.54, 1.807) is 6.07 Å². The van der Waals surface area contributed by atoms with E-state index in [0.717, 1.165) is 6.42 Å². The number of benzene rings is 1. The van der Waals surface area contributed by atoms with Crippen LogP contribution in [0.2, 0.25) is 10.4 Å². The maximum atomic E-state index is 13.9. The summed E-state index contributed by atoms with van der Waals surface area (Å²) in [6.07, 6.45) is 0.815. The highest BCUT2D eigenvalue weighted by atomic mass is 35.5. The molecule has 0 saturated heterocycles. The third-order valence-electron chi connectivity index (χ3n) is 2.89. The minimum absolute atomic E-state index is 0.0395. The van der Waals surface area contributed by atoms with Crippen molar-refractivity contribution < 1.29 is 4.39 Å². The maximum Gasteiger partial charge on any atom is 0.224 e. The molecule has 17 heavy (non-hydrogen) atoms. The summed E-state index contributed by atoms with van der Waals surface area (Å²) in [6, 6.07) is 2.97. The molecule has 0 aliphatic rings. The lowest BCUT2D eigenvalue weighted by molar-refractivity contribution is 0.587. The van der Waals surface area contributed by atoms with Crippen LogP contribution in [0.15, 0.2) is 12.1 Å². The van der Waals surface area contributed by atoms with E-state index in [9.17, 15) is 4.39 Å². The van der Waals surface area contributed by atoms with E-state index in [1.165, 1.54) is 6.07 Å². The Morgan fingerprint density at radius 3 is 2.65 bits per heavy atom. The molecule has 0 N–H and O–H groups in total. The lowest BCUT2D eigenvalue weighted by Crippen LogP contribution is -2.00. The van der Waals surface area contributed by atoms with Crippen molar-refractivity contribution in [2.75, 3.05) is 0 Å². The predicted molar refractivity (Wildman–Crippen MR) is 68.2 cm³/mol. The first-order valence-electron chi connectivity index (χ1n) is 5.35. The van der Waals surface area contributed by atoms with Crippen molar-refractivity contribution in [3.63, 3.8) is 0 Å². The van der Waals surface area contributed by atoms with E-state index in [2.05, 4.69) is 9.97 Å². The second kappa shape index (κ2) is 4.75. The first kappa shape index (κ1) is 12.5. The summed E-state index contributed by atoms with van der Waals surface area (Å²) in [7, 11) is 0. The van der Waals surface area contributed by atoms with Gasteiger partial charge in [-0.2, -0.15) is 0 Å². The van der Waals surface area contributed by atoms with Crippen molar-refractivity contribution in [1.82, 2.24) is 9.97 Å².